The van der Waals surface area contributed by atoms with E-state index in [9.17, 15) is 31.9 Å². The Balaban J connectivity index is 3.13. The van der Waals surface area contributed by atoms with Gasteiger partial charge in [0.25, 0.3) is 0 Å². The normalized spacial score (nSPS) is 11.7. The summed E-state index contributed by atoms with van der Waals surface area (Å²) < 4.78 is 60.5. The number of benzene rings is 1. The molecule has 1 aromatic rings. The lowest BCUT2D eigenvalue weighted by Crippen LogP contribution is -2.53. The number of methoxy groups -OCH3 is 1. The van der Waals surface area contributed by atoms with Gasteiger partial charge >= 0.3 is 29.8 Å². The van der Waals surface area contributed by atoms with Crippen molar-refractivity contribution in [2.24, 2.45) is 0 Å². The van der Waals surface area contributed by atoms with Gasteiger partial charge in [0.1, 0.15) is 11.3 Å². The molecular weight excluding hydrogens is 316 g/mol. The second-order valence-corrected chi connectivity index (χ2v) is 3.83. The number of carbonyl (C=O) groups is 3. The highest BCUT2D eigenvalue weighted by Crippen LogP contribution is 2.36. The summed E-state index contributed by atoms with van der Waals surface area (Å²) in [6.07, 6.45) is 0. The van der Waals surface area contributed by atoms with Gasteiger partial charge in [-0.15, -0.1) is 0 Å². The summed E-state index contributed by atoms with van der Waals surface area (Å²) in [5, 5.41) is 8.06. The fourth-order valence-corrected chi connectivity index (χ4v) is 1.26. The Morgan fingerprint density at radius 3 is 2.09 bits per heavy atom. The smallest absolute Gasteiger partial charge is 0.416 e. The number of aliphatic carboxylic acids is 1. The number of carboxylic acids is 1. The van der Waals surface area contributed by atoms with Crippen LogP contribution in [0.15, 0.2) is 24.3 Å². The number of hydrogen-bond acceptors (Lipinski definition) is 5. The van der Waals surface area contributed by atoms with Gasteiger partial charge < -0.3 is 14.6 Å². The van der Waals surface area contributed by atoms with Crippen LogP contribution in [0.3, 0.4) is 0 Å². The van der Waals surface area contributed by atoms with Crippen molar-refractivity contribution in [2.75, 3.05) is 7.11 Å². The number of hydrogen-bond donors (Lipinski definition) is 1. The Kier molecular flexibility index (Phi) is 4.74. The zero-order valence-corrected chi connectivity index (χ0v) is 10.8. The lowest BCUT2D eigenvalue weighted by Gasteiger charge is -2.21. The van der Waals surface area contributed by atoms with E-state index in [4.69, 9.17) is 5.11 Å². The summed E-state index contributed by atoms with van der Waals surface area (Å²) in [4.78, 5) is 32.6. The van der Waals surface area contributed by atoms with Gasteiger partial charge in [0.2, 0.25) is 0 Å². The highest BCUT2D eigenvalue weighted by atomic mass is 19.3. The Morgan fingerprint density at radius 1 is 1.05 bits per heavy atom. The Hall–Kier alpha value is -2.65. The van der Waals surface area contributed by atoms with Crippen LogP contribution >= 0.6 is 0 Å². The number of carbonyl (C=O) groups excluding carboxylic acids is 2. The maximum absolute atomic E-state index is 13.2. The van der Waals surface area contributed by atoms with Gasteiger partial charge in [0, 0.05) is 0 Å². The highest BCUT2D eigenvalue weighted by molar-refractivity contribution is 5.95. The van der Waals surface area contributed by atoms with E-state index in [1.807, 2.05) is 0 Å². The van der Waals surface area contributed by atoms with Crippen LogP contribution in [0.1, 0.15) is 10.4 Å². The number of rotatable bonds is 5. The second kappa shape index (κ2) is 6.00. The molecule has 0 atom stereocenters. The summed E-state index contributed by atoms with van der Waals surface area (Å²) in [6.45, 7) is 0. The maximum atomic E-state index is 13.2. The third-order valence-electron chi connectivity index (χ3n) is 2.41. The predicted molar refractivity (Wildman–Crippen MR) is 60.9 cm³/mol. The summed E-state index contributed by atoms with van der Waals surface area (Å²) in [5.41, 5.74) is -0.479. The van der Waals surface area contributed by atoms with Crippen LogP contribution in [0.2, 0.25) is 0 Å². The van der Waals surface area contributed by atoms with Crippen molar-refractivity contribution in [1.29, 1.82) is 0 Å². The number of ether oxygens (including phenoxy) is 2. The van der Waals surface area contributed by atoms with E-state index in [2.05, 4.69) is 9.47 Å². The number of para-hydroxylation sites is 1. The van der Waals surface area contributed by atoms with Crippen molar-refractivity contribution in [1.82, 2.24) is 0 Å². The Morgan fingerprint density at radius 2 is 1.59 bits per heavy atom. The van der Waals surface area contributed by atoms with E-state index in [-0.39, 0.29) is 0 Å². The van der Waals surface area contributed by atoms with E-state index in [0.717, 1.165) is 19.2 Å². The minimum absolute atomic E-state index is 0.479. The standard InChI is InChI=1S/C12H8F4O6/c1-21-8(17)6-4-2-3-5-7(6)22-10(20)12(15,16)11(13,14)9(18)19/h2-5H,1H3,(H,18,19). The molecule has 1 rings (SSSR count). The molecule has 0 saturated heterocycles. The van der Waals surface area contributed by atoms with Gasteiger partial charge in [-0.2, -0.15) is 17.6 Å². The van der Waals surface area contributed by atoms with Crippen LogP contribution in [0.5, 0.6) is 5.75 Å². The molecule has 0 aliphatic carbocycles. The van der Waals surface area contributed by atoms with Gasteiger partial charge in [0.05, 0.1) is 7.11 Å². The monoisotopic (exact) mass is 324 g/mol. The molecule has 0 fully saturated rings. The summed E-state index contributed by atoms with van der Waals surface area (Å²) in [5.74, 6) is -19.2. The minimum Gasteiger partial charge on any atom is -0.477 e. The zero-order chi connectivity index (χ0) is 17.1. The Labute approximate surface area is 120 Å². The first-order chi connectivity index (χ1) is 10.1. The second-order valence-electron chi connectivity index (χ2n) is 3.83. The van der Waals surface area contributed by atoms with E-state index in [1.54, 1.807) is 0 Å². The van der Waals surface area contributed by atoms with Crippen LogP contribution in [0, 0.1) is 0 Å². The molecule has 120 valence electrons. The van der Waals surface area contributed by atoms with E-state index in [1.165, 1.54) is 12.1 Å². The minimum atomic E-state index is -5.68. The van der Waals surface area contributed by atoms with Gasteiger partial charge in [0.15, 0.2) is 0 Å². The third kappa shape index (κ3) is 3.00. The molecule has 0 aliphatic rings. The van der Waals surface area contributed by atoms with Gasteiger partial charge in [-0.25, -0.2) is 14.4 Å². The predicted octanol–water partition coefficient (Wildman–Crippen LogP) is 1.73. The molecule has 22 heavy (non-hydrogen) atoms. The fourth-order valence-electron chi connectivity index (χ4n) is 1.26. The first-order valence-corrected chi connectivity index (χ1v) is 5.44. The van der Waals surface area contributed by atoms with Crippen molar-refractivity contribution >= 4 is 17.9 Å². The largest absolute Gasteiger partial charge is 0.477 e. The number of alkyl halides is 4. The first-order valence-electron chi connectivity index (χ1n) is 5.44. The summed E-state index contributed by atoms with van der Waals surface area (Å²) in [6, 6.07) is 4.34. The lowest BCUT2D eigenvalue weighted by molar-refractivity contribution is -0.229. The molecular formula is C12H8F4O6. The lowest BCUT2D eigenvalue weighted by atomic mass is 10.1. The van der Waals surface area contributed by atoms with Gasteiger partial charge in [-0.3, -0.25) is 0 Å². The van der Waals surface area contributed by atoms with Crippen molar-refractivity contribution in [3.05, 3.63) is 29.8 Å². The number of carboxylic acid groups (broad SMARTS) is 1. The Bertz CT molecular complexity index is 613. The maximum Gasteiger partial charge on any atom is 0.416 e. The molecule has 0 heterocycles. The molecule has 1 aromatic carbocycles. The van der Waals surface area contributed by atoms with Crippen LogP contribution in [0.4, 0.5) is 17.6 Å². The van der Waals surface area contributed by atoms with Crippen molar-refractivity contribution in [3.63, 3.8) is 0 Å². The molecule has 0 spiro atoms. The number of esters is 2. The summed E-state index contributed by atoms with van der Waals surface area (Å²) >= 11 is 0. The van der Waals surface area contributed by atoms with Crippen LogP contribution in [0.25, 0.3) is 0 Å². The third-order valence-corrected chi connectivity index (χ3v) is 2.41. The van der Waals surface area contributed by atoms with E-state index >= 15 is 0 Å². The number of halogens is 4. The molecule has 0 aliphatic heterocycles. The fraction of sp³-hybridized carbons (Fsp3) is 0.250. The molecule has 0 radical (unpaired) electrons. The molecule has 0 unspecified atom stereocenters. The van der Waals surface area contributed by atoms with Crippen LogP contribution < -0.4 is 4.74 Å². The molecule has 10 heteroatoms. The van der Waals surface area contributed by atoms with Crippen molar-refractivity contribution < 1.29 is 46.5 Å². The van der Waals surface area contributed by atoms with Crippen LogP contribution in [-0.4, -0.2) is 42.0 Å². The van der Waals surface area contributed by atoms with Crippen LogP contribution in [-0.2, 0) is 14.3 Å². The molecule has 0 amide bonds. The molecule has 0 aromatic heterocycles. The SMILES string of the molecule is COC(=O)c1ccccc1OC(=O)C(F)(F)C(F)(F)C(=O)O. The highest BCUT2D eigenvalue weighted by Gasteiger charge is 2.69. The van der Waals surface area contributed by atoms with E-state index < -0.39 is 41.1 Å². The van der Waals surface area contributed by atoms with Crippen molar-refractivity contribution in [2.45, 2.75) is 11.8 Å². The molecule has 1 N–H and O–H groups in total. The molecule has 0 bridgehead atoms. The quantitative estimate of drug-likeness (QED) is 0.504. The first kappa shape index (κ1) is 17.4. The summed E-state index contributed by atoms with van der Waals surface area (Å²) in [7, 11) is 0.952. The van der Waals surface area contributed by atoms with Gasteiger partial charge in [-0.05, 0) is 12.1 Å². The molecule has 6 nitrogen and oxygen atoms in total. The zero-order valence-electron chi connectivity index (χ0n) is 10.8. The van der Waals surface area contributed by atoms with E-state index in [0.29, 0.717) is 0 Å². The van der Waals surface area contributed by atoms with Crippen molar-refractivity contribution in [3.8, 4) is 5.75 Å². The molecule has 0 saturated carbocycles. The van der Waals surface area contributed by atoms with Gasteiger partial charge in [-0.1, -0.05) is 12.1 Å². The topological polar surface area (TPSA) is 89.9 Å². The average Bonchev–Trinajstić information content (AvgIpc) is 2.46. The average molecular weight is 324 g/mol.